The normalized spacial score (nSPS) is 11.6. The van der Waals surface area contributed by atoms with Gasteiger partial charge in [-0.25, -0.2) is 0 Å². The van der Waals surface area contributed by atoms with E-state index in [4.69, 9.17) is 10.3 Å². The van der Waals surface area contributed by atoms with E-state index in [-0.39, 0.29) is 0 Å². The molecular weight excluding hydrogens is 176 g/mol. The van der Waals surface area contributed by atoms with E-state index in [1.807, 2.05) is 0 Å². The molecule has 1 aromatic heterocycles. The fraction of sp³-hybridized carbons (Fsp3) is 0.727. The third-order valence-corrected chi connectivity index (χ3v) is 2.72. The van der Waals surface area contributed by atoms with Crippen LogP contribution in [0.4, 0.5) is 5.82 Å². The van der Waals surface area contributed by atoms with Crippen LogP contribution >= 0.6 is 0 Å². The zero-order valence-electron chi connectivity index (χ0n) is 9.50. The van der Waals surface area contributed by atoms with Crippen molar-refractivity contribution in [2.45, 2.75) is 52.4 Å². The summed E-state index contributed by atoms with van der Waals surface area (Å²) in [7, 11) is 0. The summed E-state index contributed by atoms with van der Waals surface area (Å²) >= 11 is 0. The topological polar surface area (TPSA) is 52.0 Å². The molecule has 3 heteroatoms. The molecule has 1 heterocycles. The molecule has 3 nitrogen and oxygen atoms in total. The lowest BCUT2D eigenvalue weighted by Gasteiger charge is -2.12. The van der Waals surface area contributed by atoms with E-state index in [9.17, 15) is 0 Å². The number of nitrogens with zero attached hydrogens (tertiary/aromatic N) is 1. The lowest BCUT2D eigenvalue weighted by molar-refractivity contribution is 0.352. The lowest BCUT2D eigenvalue weighted by atomic mass is 9.92. The fourth-order valence-electron chi connectivity index (χ4n) is 1.86. The lowest BCUT2D eigenvalue weighted by Crippen LogP contribution is -2.01. The first-order valence-corrected chi connectivity index (χ1v) is 5.36. The third kappa shape index (κ3) is 1.91. The molecule has 0 aromatic carbocycles. The summed E-state index contributed by atoms with van der Waals surface area (Å²) < 4.78 is 5.33. The summed E-state index contributed by atoms with van der Waals surface area (Å²) in [6.45, 7) is 8.57. The van der Waals surface area contributed by atoms with E-state index >= 15 is 0 Å². The van der Waals surface area contributed by atoms with Gasteiger partial charge >= 0.3 is 0 Å². The molecule has 14 heavy (non-hydrogen) atoms. The third-order valence-electron chi connectivity index (χ3n) is 2.72. The van der Waals surface area contributed by atoms with Crippen molar-refractivity contribution in [3.05, 3.63) is 11.3 Å². The molecule has 0 saturated carbocycles. The molecule has 2 N–H and O–H groups in total. The molecule has 0 radical (unpaired) electrons. The van der Waals surface area contributed by atoms with E-state index in [1.54, 1.807) is 0 Å². The summed E-state index contributed by atoms with van der Waals surface area (Å²) in [5, 5.41) is 3.86. The van der Waals surface area contributed by atoms with E-state index in [0.29, 0.717) is 17.7 Å². The Morgan fingerprint density at radius 3 is 2.29 bits per heavy atom. The predicted octanol–water partition coefficient (Wildman–Crippen LogP) is 3.28. The number of aromatic nitrogens is 1. The van der Waals surface area contributed by atoms with Crippen LogP contribution in [0.3, 0.4) is 0 Å². The summed E-state index contributed by atoms with van der Waals surface area (Å²) in [6.07, 6.45) is 2.15. The highest BCUT2D eigenvalue weighted by molar-refractivity contribution is 5.43. The van der Waals surface area contributed by atoms with Crippen molar-refractivity contribution in [3.63, 3.8) is 0 Å². The Labute approximate surface area is 85.7 Å². The van der Waals surface area contributed by atoms with Crippen LogP contribution in [0.25, 0.3) is 0 Å². The minimum atomic E-state index is 0.386. The first kappa shape index (κ1) is 11.1. The maximum absolute atomic E-state index is 5.78. The highest BCUT2D eigenvalue weighted by Crippen LogP contribution is 2.33. The highest BCUT2D eigenvalue weighted by atomic mass is 16.5. The van der Waals surface area contributed by atoms with Gasteiger partial charge in [0.2, 0.25) is 0 Å². The minimum Gasteiger partial charge on any atom is -0.381 e. The molecule has 0 unspecified atom stereocenters. The quantitative estimate of drug-likeness (QED) is 0.804. The van der Waals surface area contributed by atoms with Gasteiger partial charge in [-0.05, 0) is 18.8 Å². The Kier molecular flexibility index (Phi) is 3.55. The van der Waals surface area contributed by atoms with E-state index < -0.39 is 0 Å². The van der Waals surface area contributed by atoms with Crippen LogP contribution in [0.5, 0.6) is 0 Å². The number of nitrogens with two attached hydrogens (primary N) is 1. The summed E-state index contributed by atoms with van der Waals surface area (Å²) in [5.74, 6) is 2.39. The Hall–Kier alpha value is -0.990. The maximum Gasteiger partial charge on any atom is 0.170 e. The molecule has 0 aliphatic rings. The van der Waals surface area contributed by atoms with Gasteiger partial charge in [0.05, 0.1) is 0 Å². The molecule has 0 bridgehead atoms. The van der Waals surface area contributed by atoms with Crippen molar-refractivity contribution >= 4 is 5.82 Å². The fourth-order valence-corrected chi connectivity index (χ4v) is 1.86. The SMILES string of the molecule is CCC(CC)c1onc(N)c1C(C)C. The summed E-state index contributed by atoms with van der Waals surface area (Å²) in [6, 6.07) is 0. The Balaban J connectivity index is 3.07. The standard InChI is InChI=1S/C11H20N2O/c1-5-8(6-2)10-9(7(3)4)11(12)13-14-10/h7-8H,5-6H2,1-4H3,(H2,12,13). The predicted molar refractivity (Wildman–Crippen MR) is 58.3 cm³/mol. The Bertz CT molecular complexity index is 287. The Morgan fingerprint density at radius 1 is 1.29 bits per heavy atom. The second kappa shape index (κ2) is 4.49. The molecule has 0 atom stereocenters. The van der Waals surface area contributed by atoms with E-state index in [1.165, 1.54) is 0 Å². The number of rotatable bonds is 4. The highest BCUT2D eigenvalue weighted by Gasteiger charge is 2.22. The Morgan fingerprint density at radius 2 is 1.86 bits per heavy atom. The van der Waals surface area contributed by atoms with Crippen LogP contribution in [0.1, 0.15) is 63.7 Å². The van der Waals surface area contributed by atoms with Gasteiger partial charge in [-0.2, -0.15) is 0 Å². The average Bonchev–Trinajstić information content (AvgIpc) is 2.50. The van der Waals surface area contributed by atoms with Crippen molar-refractivity contribution in [2.24, 2.45) is 0 Å². The molecule has 80 valence electrons. The van der Waals surface area contributed by atoms with Gasteiger partial charge in [0.15, 0.2) is 5.82 Å². The van der Waals surface area contributed by atoms with Crippen LogP contribution in [-0.2, 0) is 0 Å². The largest absolute Gasteiger partial charge is 0.381 e. The first-order valence-electron chi connectivity index (χ1n) is 5.36. The monoisotopic (exact) mass is 196 g/mol. The number of hydrogen-bond donors (Lipinski definition) is 1. The van der Waals surface area contributed by atoms with Gasteiger partial charge in [0.1, 0.15) is 5.76 Å². The van der Waals surface area contributed by atoms with Gasteiger partial charge in [-0.15, -0.1) is 0 Å². The van der Waals surface area contributed by atoms with Crippen LogP contribution in [-0.4, -0.2) is 5.16 Å². The number of nitrogen functional groups attached to an aromatic ring is 1. The number of anilines is 1. The van der Waals surface area contributed by atoms with Crippen LogP contribution in [0.2, 0.25) is 0 Å². The molecule has 0 saturated heterocycles. The average molecular weight is 196 g/mol. The van der Waals surface area contributed by atoms with Crippen LogP contribution < -0.4 is 5.73 Å². The molecule has 0 fully saturated rings. The first-order chi connectivity index (χ1) is 6.61. The van der Waals surface area contributed by atoms with E-state index in [2.05, 4.69) is 32.9 Å². The smallest absolute Gasteiger partial charge is 0.170 e. The number of hydrogen-bond acceptors (Lipinski definition) is 3. The van der Waals surface area contributed by atoms with Gasteiger partial charge in [0.25, 0.3) is 0 Å². The second-order valence-corrected chi connectivity index (χ2v) is 4.01. The zero-order valence-corrected chi connectivity index (χ0v) is 9.50. The molecular formula is C11H20N2O. The van der Waals surface area contributed by atoms with Crippen LogP contribution in [0.15, 0.2) is 4.52 Å². The van der Waals surface area contributed by atoms with Gasteiger partial charge in [0, 0.05) is 11.5 Å². The summed E-state index contributed by atoms with van der Waals surface area (Å²) in [4.78, 5) is 0. The van der Waals surface area contributed by atoms with E-state index in [0.717, 1.165) is 24.2 Å². The van der Waals surface area contributed by atoms with Crippen molar-refractivity contribution in [1.29, 1.82) is 0 Å². The van der Waals surface area contributed by atoms with Crippen LogP contribution in [0, 0.1) is 0 Å². The molecule has 1 rings (SSSR count). The van der Waals surface area contributed by atoms with Crippen molar-refractivity contribution < 1.29 is 4.52 Å². The zero-order chi connectivity index (χ0) is 10.7. The molecule has 0 spiro atoms. The van der Waals surface area contributed by atoms with Gasteiger partial charge in [-0.3, -0.25) is 0 Å². The van der Waals surface area contributed by atoms with Crippen molar-refractivity contribution in [1.82, 2.24) is 5.16 Å². The molecule has 0 aliphatic carbocycles. The minimum absolute atomic E-state index is 0.386. The van der Waals surface area contributed by atoms with Crippen molar-refractivity contribution in [3.8, 4) is 0 Å². The van der Waals surface area contributed by atoms with Crippen molar-refractivity contribution in [2.75, 3.05) is 5.73 Å². The molecule has 0 aliphatic heterocycles. The van der Waals surface area contributed by atoms with Gasteiger partial charge < -0.3 is 10.3 Å². The summed E-state index contributed by atoms with van der Waals surface area (Å²) in [5.41, 5.74) is 6.88. The molecule has 0 amide bonds. The molecule has 1 aromatic rings. The van der Waals surface area contributed by atoms with Gasteiger partial charge in [-0.1, -0.05) is 32.9 Å². The maximum atomic E-state index is 5.78. The second-order valence-electron chi connectivity index (χ2n) is 4.01.